The van der Waals surface area contributed by atoms with E-state index in [2.05, 4.69) is 9.80 Å². The van der Waals surface area contributed by atoms with E-state index in [-0.39, 0.29) is 35.6 Å². The summed E-state index contributed by atoms with van der Waals surface area (Å²) in [4.78, 5) is 16.6. The third-order valence-electron chi connectivity index (χ3n) is 9.06. The molecule has 2 heterocycles. The lowest BCUT2D eigenvalue weighted by Crippen LogP contribution is -2.42. The van der Waals surface area contributed by atoms with Crippen molar-refractivity contribution in [3.8, 4) is 0 Å². The lowest BCUT2D eigenvalue weighted by molar-refractivity contribution is -0.143. The fourth-order valence-electron chi connectivity index (χ4n) is 6.55. The maximum absolute atomic E-state index is 14.7. The van der Waals surface area contributed by atoms with Gasteiger partial charge in [0.1, 0.15) is 17.7 Å². The number of likely N-dealkylation sites (tertiary alicyclic amines) is 2. The van der Waals surface area contributed by atoms with Crippen LogP contribution in [0.15, 0.2) is 48.5 Å². The highest BCUT2D eigenvalue weighted by molar-refractivity contribution is 5.73. The number of hydrogen-bond acceptors (Lipinski definition) is 3. The Morgan fingerprint density at radius 2 is 1.67 bits per heavy atom. The highest BCUT2D eigenvalue weighted by Gasteiger charge is 2.42. The molecule has 3 fully saturated rings. The van der Waals surface area contributed by atoms with Crippen LogP contribution in [0.5, 0.6) is 0 Å². The van der Waals surface area contributed by atoms with Crippen LogP contribution in [0.3, 0.4) is 0 Å². The molecule has 1 N–H and O–H groups in total. The van der Waals surface area contributed by atoms with E-state index in [1.807, 2.05) is 6.07 Å². The second kappa shape index (κ2) is 12.0. The maximum atomic E-state index is 14.7. The van der Waals surface area contributed by atoms with Gasteiger partial charge in [-0.2, -0.15) is 0 Å². The van der Waals surface area contributed by atoms with Gasteiger partial charge < -0.3 is 10.0 Å². The fourth-order valence-corrected chi connectivity index (χ4v) is 6.55. The van der Waals surface area contributed by atoms with Crippen LogP contribution in [0.25, 0.3) is 0 Å². The molecule has 39 heavy (non-hydrogen) atoms. The number of rotatable bonds is 11. The summed E-state index contributed by atoms with van der Waals surface area (Å²) in [5, 5.41) is 9.96. The summed E-state index contributed by atoms with van der Waals surface area (Å²) in [5.74, 6) is -3.63. The van der Waals surface area contributed by atoms with Crippen molar-refractivity contribution in [1.29, 1.82) is 0 Å². The third-order valence-corrected chi connectivity index (χ3v) is 9.06. The monoisotopic (exact) mass is 546 g/mol. The van der Waals surface area contributed by atoms with Crippen molar-refractivity contribution in [3.05, 3.63) is 71.3 Å². The van der Waals surface area contributed by atoms with Crippen LogP contribution in [0.4, 0.5) is 17.6 Å². The van der Waals surface area contributed by atoms with Crippen LogP contribution >= 0.6 is 0 Å². The molecule has 1 aliphatic carbocycles. The summed E-state index contributed by atoms with van der Waals surface area (Å²) in [6, 6.07) is 10.6. The second-order valence-corrected chi connectivity index (χ2v) is 11.9. The topological polar surface area (TPSA) is 43.8 Å². The smallest absolute Gasteiger partial charge is 0.320 e. The molecule has 2 aromatic rings. The molecule has 4 nitrogen and oxygen atoms in total. The minimum atomic E-state index is -2.97. The van der Waals surface area contributed by atoms with Crippen molar-refractivity contribution < 1.29 is 27.5 Å². The largest absolute Gasteiger partial charge is 0.480 e. The molecule has 2 unspecified atom stereocenters. The molecule has 0 radical (unpaired) electrons. The average molecular weight is 547 g/mol. The summed E-state index contributed by atoms with van der Waals surface area (Å²) in [6.45, 7) is 3.67. The number of hydrogen-bond donors (Lipinski definition) is 1. The molecule has 2 aromatic carbocycles. The molecule has 0 bridgehead atoms. The number of halogens is 4. The highest BCUT2D eigenvalue weighted by Crippen LogP contribution is 2.40. The zero-order chi connectivity index (χ0) is 27.6. The Kier molecular flexibility index (Phi) is 8.62. The third kappa shape index (κ3) is 7.20. The number of piperidine rings is 1. The van der Waals surface area contributed by atoms with Crippen molar-refractivity contribution >= 4 is 5.97 Å². The van der Waals surface area contributed by atoms with Gasteiger partial charge in [-0.1, -0.05) is 37.1 Å². The molecule has 3 aliphatic rings. The van der Waals surface area contributed by atoms with E-state index in [1.54, 1.807) is 12.1 Å². The first kappa shape index (κ1) is 28.1. The molecule has 0 spiro atoms. The van der Waals surface area contributed by atoms with Gasteiger partial charge in [0, 0.05) is 37.5 Å². The van der Waals surface area contributed by atoms with Crippen molar-refractivity contribution in [1.82, 2.24) is 9.80 Å². The first-order valence-electron chi connectivity index (χ1n) is 14.3. The van der Waals surface area contributed by atoms with Gasteiger partial charge in [0.05, 0.1) is 0 Å². The second-order valence-electron chi connectivity index (χ2n) is 11.9. The predicted molar refractivity (Wildman–Crippen MR) is 142 cm³/mol. The summed E-state index contributed by atoms with van der Waals surface area (Å²) >= 11 is 0. The van der Waals surface area contributed by atoms with Gasteiger partial charge in [0.15, 0.2) is 0 Å². The number of alkyl halides is 2. The molecule has 2 aliphatic heterocycles. The number of carbonyl (C=O) groups is 1. The molecule has 212 valence electrons. The summed E-state index contributed by atoms with van der Waals surface area (Å²) in [6.07, 6.45) is 4.70. The molecule has 3 atom stereocenters. The van der Waals surface area contributed by atoms with Gasteiger partial charge >= 0.3 is 5.97 Å². The van der Waals surface area contributed by atoms with Crippen LogP contribution in [0.2, 0.25) is 0 Å². The molecule has 1 saturated carbocycles. The average Bonchev–Trinajstić information content (AvgIpc) is 3.65. The maximum Gasteiger partial charge on any atom is 0.320 e. The van der Waals surface area contributed by atoms with E-state index in [1.165, 1.54) is 6.07 Å². The van der Waals surface area contributed by atoms with Crippen LogP contribution in [-0.4, -0.2) is 59.6 Å². The number of carboxylic acid groups (broad SMARTS) is 1. The van der Waals surface area contributed by atoms with Gasteiger partial charge in [0.25, 0.3) is 5.92 Å². The number of aliphatic carboxylic acids is 1. The van der Waals surface area contributed by atoms with Crippen LogP contribution in [-0.2, 0) is 10.7 Å². The van der Waals surface area contributed by atoms with Crippen molar-refractivity contribution in [2.75, 3.05) is 32.7 Å². The van der Waals surface area contributed by atoms with Gasteiger partial charge in [-0.05, 0) is 86.4 Å². The highest BCUT2D eigenvalue weighted by atomic mass is 19.3. The Morgan fingerprint density at radius 3 is 2.31 bits per heavy atom. The molecule has 2 saturated heterocycles. The van der Waals surface area contributed by atoms with Crippen molar-refractivity contribution in [3.63, 3.8) is 0 Å². The molecule has 0 amide bonds. The van der Waals surface area contributed by atoms with Crippen molar-refractivity contribution in [2.24, 2.45) is 17.8 Å². The molecular weight excluding hydrogens is 508 g/mol. The normalized spacial score (nSPS) is 24.2. The Labute approximate surface area is 228 Å². The zero-order valence-electron chi connectivity index (χ0n) is 22.3. The van der Waals surface area contributed by atoms with E-state index in [0.29, 0.717) is 31.8 Å². The Balaban J connectivity index is 1.18. The first-order chi connectivity index (χ1) is 18.7. The van der Waals surface area contributed by atoms with Crippen LogP contribution < -0.4 is 0 Å². The zero-order valence-corrected chi connectivity index (χ0v) is 22.3. The van der Waals surface area contributed by atoms with Crippen LogP contribution in [0, 0.1) is 29.4 Å². The molecule has 5 rings (SSSR count). The summed E-state index contributed by atoms with van der Waals surface area (Å²) < 4.78 is 56.6. The molecular formula is C31H38F4N2O2. The minimum absolute atomic E-state index is 0.0499. The van der Waals surface area contributed by atoms with Gasteiger partial charge in [0.2, 0.25) is 0 Å². The quantitative estimate of drug-likeness (QED) is 0.326. The van der Waals surface area contributed by atoms with E-state index < -0.39 is 23.8 Å². The van der Waals surface area contributed by atoms with Gasteiger partial charge in [-0.15, -0.1) is 0 Å². The van der Waals surface area contributed by atoms with Crippen molar-refractivity contribution in [2.45, 2.75) is 62.8 Å². The van der Waals surface area contributed by atoms with E-state index in [0.717, 1.165) is 75.1 Å². The van der Waals surface area contributed by atoms with E-state index in [4.69, 9.17) is 0 Å². The van der Waals surface area contributed by atoms with Crippen LogP contribution in [0.1, 0.15) is 62.0 Å². The molecule has 8 heteroatoms. The standard InChI is InChI=1S/C31H38F4N2O2/c32-26-8-6-25(7-9-26)31(34,35)13-10-21-11-14-36(15-12-21)18-24-19-37(29(30(38)39)16-22-4-5-22)20-28(24)23-2-1-3-27(33)17-23/h1-3,6-9,17,21-22,24,28-29H,4-5,10-16,18-20H2,(H,38,39)/t24?,28?,29-/m1/s1. The number of benzene rings is 2. The summed E-state index contributed by atoms with van der Waals surface area (Å²) in [7, 11) is 0. The fraction of sp³-hybridized carbons (Fsp3) is 0.581. The Morgan fingerprint density at radius 1 is 0.949 bits per heavy atom. The minimum Gasteiger partial charge on any atom is -0.480 e. The van der Waals surface area contributed by atoms with Gasteiger partial charge in [-0.3, -0.25) is 9.69 Å². The Hall–Kier alpha value is -2.45. The number of nitrogens with zero attached hydrogens (tertiary/aromatic N) is 2. The van der Waals surface area contributed by atoms with Gasteiger partial charge in [-0.25, -0.2) is 17.6 Å². The first-order valence-corrected chi connectivity index (χ1v) is 14.3. The Bertz CT molecular complexity index is 1120. The summed E-state index contributed by atoms with van der Waals surface area (Å²) in [5.41, 5.74) is 0.771. The van der Waals surface area contributed by atoms with E-state index in [9.17, 15) is 27.5 Å². The predicted octanol–water partition coefficient (Wildman–Crippen LogP) is 6.52. The lowest BCUT2D eigenvalue weighted by atomic mass is 9.86. The molecule has 0 aromatic heterocycles. The lowest BCUT2D eigenvalue weighted by Gasteiger charge is -2.35. The SMILES string of the molecule is O=C(O)[C@@H](CC1CC1)N1CC(CN2CCC(CCC(F)(F)c3ccc(F)cc3)CC2)C(c2cccc(F)c2)C1. The number of carboxylic acids is 1. The van der Waals surface area contributed by atoms with E-state index >= 15 is 0 Å².